The van der Waals surface area contributed by atoms with Crippen molar-refractivity contribution in [1.29, 1.82) is 0 Å². The minimum atomic E-state index is -0.246. The highest BCUT2D eigenvalue weighted by Gasteiger charge is 2.16. The van der Waals surface area contributed by atoms with Gasteiger partial charge in [0.1, 0.15) is 11.4 Å². The minimum Gasteiger partial charge on any atom is -0.457 e. The van der Waals surface area contributed by atoms with E-state index in [2.05, 4.69) is 15.9 Å². The van der Waals surface area contributed by atoms with Gasteiger partial charge in [-0.2, -0.15) is 0 Å². The average molecular weight is 319 g/mol. The van der Waals surface area contributed by atoms with Gasteiger partial charge in [0, 0.05) is 6.42 Å². The molecule has 2 aromatic carbocycles. The fourth-order valence-corrected chi connectivity index (χ4v) is 2.05. The first-order chi connectivity index (χ1) is 9.29. The van der Waals surface area contributed by atoms with Crippen LogP contribution >= 0.6 is 15.9 Å². The third-order valence-corrected chi connectivity index (χ3v) is 3.28. The van der Waals surface area contributed by atoms with Crippen LogP contribution in [-0.2, 0) is 16.0 Å². The molecule has 0 radical (unpaired) electrons. The van der Waals surface area contributed by atoms with E-state index < -0.39 is 0 Å². The molecule has 1 unspecified atom stereocenters. The van der Waals surface area contributed by atoms with Crippen LogP contribution in [0.3, 0.4) is 0 Å². The molecule has 0 bridgehead atoms. The highest BCUT2D eigenvalue weighted by atomic mass is 79.9. The summed E-state index contributed by atoms with van der Waals surface area (Å²) in [6.07, 6.45) is 0.442. The number of hydrogen-bond acceptors (Lipinski definition) is 2. The van der Waals surface area contributed by atoms with E-state index in [-0.39, 0.29) is 17.4 Å². The van der Waals surface area contributed by atoms with Crippen LogP contribution in [0.4, 0.5) is 0 Å². The van der Waals surface area contributed by atoms with Gasteiger partial charge in [0.2, 0.25) is 0 Å². The van der Waals surface area contributed by atoms with Gasteiger partial charge in [-0.05, 0) is 11.1 Å². The lowest BCUT2D eigenvalue weighted by molar-refractivity contribution is -0.146. The van der Waals surface area contributed by atoms with Crippen molar-refractivity contribution in [2.45, 2.75) is 12.5 Å². The first-order valence-electron chi connectivity index (χ1n) is 6.14. The molecule has 1 atom stereocenters. The highest BCUT2D eigenvalue weighted by Crippen LogP contribution is 2.22. The first-order valence-corrected chi connectivity index (χ1v) is 7.26. The number of carbonyl (C=O) groups excluding carboxylic acids is 1. The van der Waals surface area contributed by atoms with Crippen LogP contribution in [0.25, 0.3) is 0 Å². The molecule has 19 heavy (non-hydrogen) atoms. The maximum Gasteiger partial charge on any atom is 0.317 e. The Balaban J connectivity index is 2.17. The van der Waals surface area contributed by atoms with E-state index in [0.717, 1.165) is 11.1 Å². The number of carbonyl (C=O) groups is 1. The molecule has 0 aliphatic carbocycles. The zero-order valence-electron chi connectivity index (χ0n) is 10.5. The molecular formula is C16H15BrO2. The van der Waals surface area contributed by atoms with Crippen LogP contribution in [0, 0.1) is 0 Å². The summed E-state index contributed by atoms with van der Waals surface area (Å²) in [6.45, 7) is 0. The number of ether oxygens (including phenoxy) is 1. The Morgan fingerprint density at radius 1 is 1.00 bits per heavy atom. The molecule has 2 nitrogen and oxygen atoms in total. The second-order valence-electron chi connectivity index (χ2n) is 4.21. The van der Waals surface area contributed by atoms with Crippen LogP contribution in [0.5, 0.6) is 0 Å². The maximum absolute atomic E-state index is 11.5. The predicted octanol–water partition coefficient (Wildman–Crippen LogP) is 3.91. The summed E-state index contributed by atoms with van der Waals surface area (Å²) < 4.78 is 5.50. The zero-order valence-corrected chi connectivity index (χ0v) is 12.0. The molecule has 3 heteroatoms. The van der Waals surface area contributed by atoms with Gasteiger partial charge in [0.05, 0.1) is 0 Å². The van der Waals surface area contributed by atoms with Gasteiger partial charge in [-0.1, -0.05) is 76.6 Å². The summed E-state index contributed by atoms with van der Waals surface area (Å²) in [5, 5.41) is 0.213. The van der Waals surface area contributed by atoms with Crippen LogP contribution in [0.2, 0.25) is 0 Å². The molecule has 0 aromatic heterocycles. The maximum atomic E-state index is 11.5. The van der Waals surface area contributed by atoms with Crippen molar-refractivity contribution in [3.8, 4) is 0 Å². The Hall–Kier alpha value is -1.61. The summed E-state index contributed by atoms with van der Waals surface area (Å²) >= 11 is 3.13. The van der Waals surface area contributed by atoms with E-state index in [1.165, 1.54) is 0 Å². The second kappa shape index (κ2) is 7.10. The quantitative estimate of drug-likeness (QED) is 0.617. The second-order valence-corrected chi connectivity index (χ2v) is 4.77. The van der Waals surface area contributed by atoms with Crippen LogP contribution in [-0.4, -0.2) is 11.3 Å². The topological polar surface area (TPSA) is 26.3 Å². The third-order valence-electron chi connectivity index (χ3n) is 2.82. The third kappa shape index (κ3) is 4.21. The SMILES string of the molecule is O=C(CBr)OC(Cc1ccccc1)c1ccccc1. The van der Waals surface area contributed by atoms with Crippen molar-refractivity contribution in [3.63, 3.8) is 0 Å². The van der Waals surface area contributed by atoms with E-state index >= 15 is 0 Å². The number of alkyl halides is 1. The summed E-state index contributed by atoms with van der Waals surface area (Å²) in [6, 6.07) is 19.9. The van der Waals surface area contributed by atoms with E-state index in [1.54, 1.807) is 0 Å². The lowest BCUT2D eigenvalue weighted by atomic mass is 10.0. The van der Waals surface area contributed by atoms with Crippen molar-refractivity contribution in [1.82, 2.24) is 0 Å². The number of hydrogen-bond donors (Lipinski definition) is 0. The summed E-state index contributed by atoms with van der Waals surface area (Å²) in [7, 11) is 0. The van der Waals surface area contributed by atoms with Crippen molar-refractivity contribution in [2.75, 3.05) is 5.33 Å². The standard InChI is InChI=1S/C16H15BrO2/c17-12-16(18)19-15(14-9-5-2-6-10-14)11-13-7-3-1-4-8-13/h1-10,15H,11-12H2. The summed E-state index contributed by atoms with van der Waals surface area (Å²) in [5.74, 6) is -0.246. The molecule has 2 aromatic rings. The number of benzene rings is 2. The van der Waals surface area contributed by atoms with Crippen molar-refractivity contribution in [2.24, 2.45) is 0 Å². The van der Waals surface area contributed by atoms with Gasteiger partial charge >= 0.3 is 5.97 Å². The lowest BCUT2D eigenvalue weighted by Crippen LogP contribution is -2.14. The molecule has 0 saturated heterocycles. The Labute approximate surface area is 121 Å². The van der Waals surface area contributed by atoms with Crippen molar-refractivity contribution < 1.29 is 9.53 Å². The Kier molecular flexibility index (Phi) is 5.16. The normalized spacial score (nSPS) is 11.8. The van der Waals surface area contributed by atoms with Crippen molar-refractivity contribution in [3.05, 3.63) is 71.8 Å². The van der Waals surface area contributed by atoms with Gasteiger partial charge in [0.15, 0.2) is 0 Å². The smallest absolute Gasteiger partial charge is 0.317 e. The molecule has 0 saturated carbocycles. The first kappa shape index (κ1) is 13.8. The molecule has 0 heterocycles. The Morgan fingerprint density at radius 2 is 1.58 bits per heavy atom. The Morgan fingerprint density at radius 3 is 2.16 bits per heavy atom. The molecular weight excluding hydrogens is 304 g/mol. The zero-order chi connectivity index (χ0) is 13.5. The minimum absolute atomic E-state index is 0.213. The monoisotopic (exact) mass is 318 g/mol. The predicted molar refractivity (Wildman–Crippen MR) is 79.2 cm³/mol. The summed E-state index contributed by atoms with van der Waals surface area (Å²) in [5.41, 5.74) is 2.17. The number of halogens is 1. The lowest BCUT2D eigenvalue weighted by Gasteiger charge is -2.18. The van der Waals surface area contributed by atoms with E-state index in [4.69, 9.17) is 4.74 Å². The number of esters is 1. The molecule has 98 valence electrons. The average Bonchev–Trinajstić information content (AvgIpc) is 2.48. The molecule has 0 aliphatic heterocycles. The highest BCUT2D eigenvalue weighted by molar-refractivity contribution is 9.09. The van der Waals surface area contributed by atoms with Gasteiger partial charge < -0.3 is 4.74 Å². The largest absolute Gasteiger partial charge is 0.457 e. The van der Waals surface area contributed by atoms with Crippen molar-refractivity contribution >= 4 is 21.9 Å². The van der Waals surface area contributed by atoms with Crippen LogP contribution < -0.4 is 0 Å². The molecule has 0 fully saturated rings. The van der Waals surface area contributed by atoms with Crippen LogP contribution in [0.1, 0.15) is 17.2 Å². The van der Waals surface area contributed by atoms with Gasteiger partial charge in [-0.3, -0.25) is 4.79 Å². The number of rotatable bonds is 5. The fourth-order valence-electron chi connectivity index (χ4n) is 1.91. The van der Waals surface area contributed by atoms with E-state index in [9.17, 15) is 4.79 Å². The van der Waals surface area contributed by atoms with Gasteiger partial charge in [-0.25, -0.2) is 0 Å². The van der Waals surface area contributed by atoms with E-state index in [1.807, 2.05) is 60.7 Å². The van der Waals surface area contributed by atoms with Gasteiger partial charge in [-0.15, -0.1) is 0 Å². The molecule has 0 aliphatic rings. The van der Waals surface area contributed by atoms with E-state index in [0.29, 0.717) is 6.42 Å². The van der Waals surface area contributed by atoms with Crippen LogP contribution in [0.15, 0.2) is 60.7 Å². The molecule has 0 amide bonds. The molecule has 2 rings (SSSR count). The molecule has 0 spiro atoms. The summed E-state index contributed by atoms with van der Waals surface area (Å²) in [4.78, 5) is 11.5. The van der Waals surface area contributed by atoms with Gasteiger partial charge in [0.25, 0.3) is 0 Å². The fraction of sp³-hybridized carbons (Fsp3) is 0.188. The molecule has 0 N–H and O–H groups in total. The Bertz CT molecular complexity index is 511.